The van der Waals surface area contributed by atoms with E-state index in [4.69, 9.17) is 0 Å². The van der Waals surface area contributed by atoms with Crippen molar-refractivity contribution in [2.24, 2.45) is 0 Å². The summed E-state index contributed by atoms with van der Waals surface area (Å²) in [4.78, 5) is 31.6. The van der Waals surface area contributed by atoms with Gasteiger partial charge in [0.1, 0.15) is 0 Å². The van der Waals surface area contributed by atoms with E-state index >= 15 is 0 Å². The lowest BCUT2D eigenvalue weighted by molar-refractivity contribution is -0.138. The van der Waals surface area contributed by atoms with E-state index < -0.39 is 11.7 Å². The van der Waals surface area contributed by atoms with Crippen LogP contribution in [0.25, 0.3) is 10.9 Å². The number of piperidine rings is 1. The van der Waals surface area contributed by atoms with Crippen molar-refractivity contribution in [1.29, 1.82) is 0 Å². The molecule has 0 spiro atoms. The number of halogens is 3. The number of likely N-dealkylation sites (tertiary alicyclic amines) is 1. The van der Waals surface area contributed by atoms with Crippen LogP contribution >= 0.6 is 0 Å². The van der Waals surface area contributed by atoms with Gasteiger partial charge in [-0.15, -0.1) is 0 Å². The second-order valence-electron chi connectivity index (χ2n) is 7.73. The number of benzene rings is 2. The molecular formula is C23H22F3N3O2. The number of amides is 1. The Kier molecular flexibility index (Phi) is 5.80. The first-order valence-electron chi connectivity index (χ1n) is 10.3. The summed E-state index contributed by atoms with van der Waals surface area (Å²) in [6.07, 6.45) is -0.362. The van der Waals surface area contributed by atoms with Crippen LogP contribution in [-0.4, -0.2) is 26.9 Å². The molecule has 1 unspecified atom stereocenters. The number of carbonyl (C=O) groups excluding carboxylic acids is 1. The molecule has 8 heteroatoms. The molecule has 2 aromatic carbocycles. The van der Waals surface area contributed by atoms with Gasteiger partial charge < -0.3 is 4.90 Å². The van der Waals surface area contributed by atoms with Gasteiger partial charge in [0.2, 0.25) is 5.91 Å². The first kappa shape index (κ1) is 21.1. The Morgan fingerprint density at radius 3 is 2.55 bits per heavy atom. The zero-order valence-electron chi connectivity index (χ0n) is 16.8. The van der Waals surface area contributed by atoms with Crippen molar-refractivity contribution in [3.8, 4) is 0 Å². The molecule has 0 saturated carbocycles. The van der Waals surface area contributed by atoms with Crippen molar-refractivity contribution in [3.63, 3.8) is 0 Å². The van der Waals surface area contributed by atoms with Crippen molar-refractivity contribution in [3.05, 3.63) is 76.3 Å². The van der Waals surface area contributed by atoms with Crippen LogP contribution < -0.4 is 5.56 Å². The molecule has 0 N–H and O–H groups in total. The number of aryl methyl sites for hydroxylation is 1. The number of aromatic nitrogens is 2. The number of hydrogen-bond acceptors (Lipinski definition) is 3. The fourth-order valence-electron chi connectivity index (χ4n) is 4.10. The second-order valence-corrected chi connectivity index (χ2v) is 7.73. The van der Waals surface area contributed by atoms with Crippen LogP contribution in [0.15, 0.2) is 59.7 Å². The lowest BCUT2D eigenvalue weighted by atomic mass is 9.94. The number of nitrogens with zero attached hydrogens (tertiary/aromatic N) is 3. The van der Waals surface area contributed by atoms with Crippen molar-refractivity contribution >= 4 is 16.8 Å². The third-order valence-electron chi connectivity index (χ3n) is 5.74. The summed E-state index contributed by atoms with van der Waals surface area (Å²) in [5.74, 6) is -0.121. The minimum atomic E-state index is -4.39. The fourth-order valence-corrected chi connectivity index (χ4v) is 4.10. The third-order valence-corrected chi connectivity index (χ3v) is 5.74. The van der Waals surface area contributed by atoms with Crippen molar-refractivity contribution in [1.82, 2.24) is 14.5 Å². The minimum Gasteiger partial charge on any atom is -0.336 e. The predicted molar refractivity (Wildman–Crippen MR) is 110 cm³/mol. The quantitative estimate of drug-likeness (QED) is 0.611. The van der Waals surface area contributed by atoms with E-state index in [1.54, 1.807) is 29.2 Å². The Balaban J connectivity index is 1.49. The number of fused-ring (bicyclic) bond motifs is 1. The summed E-state index contributed by atoms with van der Waals surface area (Å²) < 4.78 is 40.0. The van der Waals surface area contributed by atoms with Crippen LogP contribution in [0.4, 0.5) is 13.2 Å². The van der Waals surface area contributed by atoms with Gasteiger partial charge in [0, 0.05) is 19.5 Å². The normalized spacial score (nSPS) is 17.1. The van der Waals surface area contributed by atoms with Gasteiger partial charge in [-0.2, -0.15) is 13.2 Å². The Labute approximate surface area is 177 Å². The first-order chi connectivity index (χ1) is 14.8. The van der Waals surface area contributed by atoms with E-state index in [2.05, 4.69) is 4.98 Å². The highest BCUT2D eigenvalue weighted by Crippen LogP contribution is 2.34. The van der Waals surface area contributed by atoms with Gasteiger partial charge in [-0.25, -0.2) is 4.98 Å². The van der Waals surface area contributed by atoms with Crippen LogP contribution in [0.5, 0.6) is 0 Å². The van der Waals surface area contributed by atoms with Crippen LogP contribution in [0.1, 0.15) is 42.9 Å². The van der Waals surface area contributed by atoms with Crippen LogP contribution in [0.2, 0.25) is 0 Å². The summed E-state index contributed by atoms with van der Waals surface area (Å²) in [5.41, 5.74) is 0.406. The van der Waals surface area contributed by atoms with Gasteiger partial charge in [0.05, 0.1) is 28.8 Å². The molecule has 31 heavy (non-hydrogen) atoms. The predicted octanol–water partition coefficient (Wildman–Crippen LogP) is 4.56. The summed E-state index contributed by atoms with van der Waals surface area (Å²) in [6.45, 7) is 0.751. The molecule has 162 valence electrons. The molecule has 0 radical (unpaired) electrons. The molecule has 1 aliphatic rings. The van der Waals surface area contributed by atoms with Gasteiger partial charge in [0.25, 0.3) is 5.56 Å². The maximum Gasteiger partial charge on any atom is 0.416 e. The van der Waals surface area contributed by atoms with E-state index in [1.165, 1.54) is 23.0 Å². The lowest BCUT2D eigenvalue weighted by Crippen LogP contribution is -2.39. The first-order valence-corrected chi connectivity index (χ1v) is 10.3. The Morgan fingerprint density at radius 2 is 1.81 bits per heavy atom. The number of hydrogen-bond donors (Lipinski definition) is 0. The van der Waals surface area contributed by atoms with E-state index in [0.29, 0.717) is 29.4 Å². The molecule has 1 fully saturated rings. The monoisotopic (exact) mass is 429 g/mol. The topological polar surface area (TPSA) is 55.2 Å². The molecule has 1 aromatic heterocycles. The molecule has 3 aromatic rings. The molecule has 4 rings (SSSR count). The van der Waals surface area contributed by atoms with E-state index in [1.807, 2.05) is 0 Å². The van der Waals surface area contributed by atoms with Crippen molar-refractivity contribution in [2.75, 3.05) is 6.54 Å². The second kappa shape index (κ2) is 8.53. The van der Waals surface area contributed by atoms with Gasteiger partial charge in [-0.3, -0.25) is 14.2 Å². The number of rotatable bonds is 4. The number of alkyl halides is 3. The molecule has 0 aliphatic carbocycles. The van der Waals surface area contributed by atoms with Gasteiger partial charge in [0.15, 0.2) is 0 Å². The van der Waals surface area contributed by atoms with Crippen LogP contribution in [0, 0.1) is 0 Å². The highest BCUT2D eigenvalue weighted by Gasteiger charge is 2.32. The maximum absolute atomic E-state index is 13.0. The van der Waals surface area contributed by atoms with Crippen LogP contribution in [0.3, 0.4) is 0 Å². The molecule has 1 amide bonds. The largest absolute Gasteiger partial charge is 0.416 e. The Hall–Kier alpha value is -3.16. The lowest BCUT2D eigenvalue weighted by Gasteiger charge is -2.36. The standard InChI is InChI=1S/C23H22F3N3O2/c24-23(25,26)17-10-8-16(9-11-17)20-7-3-4-13-29(20)21(30)12-14-28-15-27-19-6-2-1-5-18(19)22(28)31/h1-2,5-6,8-11,15,20H,3-4,7,12-14H2. The van der Waals surface area contributed by atoms with E-state index in [0.717, 1.165) is 25.0 Å². The van der Waals surface area contributed by atoms with E-state index in [9.17, 15) is 22.8 Å². The summed E-state index contributed by atoms with van der Waals surface area (Å²) in [6, 6.07) is 11.8. The van der Waals surface area contributed by atoms with Gasteiger partial charge in [-0.05, 0) is 49.1 Å². The van der Waals surface area contributed by atoms with Crippen molar-refractivity contribution < 1.29 is 18.0 Å². The smallest absolute Gasteiger partial charge is 0.336 e. The fraction of sp³-hybridized carbons (Fsp3) is 0.348. The molecule has 2 heterocycles. The summed E-state index contributed by atoms with van der Waals surface area (Å²) in [5, 5.41) is 0.498. The minimum absolute atomic E-state index is 0.121. The summed E-state index contributed by atoms with van der Waals surface area (Å²) >= 11 is 0. The van der Waals surface area contributed by atoms with Gasteiger partial charge >= 0.3 is 6.18 Å². The molecule has 1 saturated heterocycles. The average molecular weight is 429 g/mol. The molecule has 1 atom stereocenters. The van der Waals surface area contributed by atoms with E-state index in [-0.39, 0.29) is 30.5 Å². The SMILES string of the molecule is O=C(CCn1cnc2ccccc2c1=O)N1CCCCC1c1ccc(C(F)(F)F)cc1. The Morgan fingerprint density at radius 1 is 1.06 bits per heavy atom. The third kappa shape index (κ3) is 4.47. The summed E-state index contributed by atoms with van der Waals surface area (Å²) in [7, 11) is 0. The van der Waals surface area contributed by atoms with Crippen molar-refractivity contribution in [2.45, 2.75) is 44.4 Å². The highest BCUT2D eigenvalue weighted by molar-refractivity contribution is 5.78. The highest BCUT2D eigenvalue weighted by atomic mass is 19.4. The molecule has 5 nitrogen and oxygen atoms in total. The molecular weight excluding hydrogens is 407 g/mol. The molecule has 1 aliphatic heterocycles. The zero-order chi connectivity index (χ0) is 22.0. The van der Waals surface area contributed by atoms with Gasteiger partial charge in [-0.1, -0.05) is 24.3 Å². The van der Waals surface area contributed by atoms with Crippen LogP contribution in [-0.2, 0) is 17.5 Å². The zero-order valence-corrected chi connectivity index (χ0v) is 16.8. The number of carbonyl (C=O) groups is 1. The maximum atomic E-state index is 13.0. The Bertz CT molecular complexity index is 1140. The number of para-hydroxylation sites is 1. The average Bonchev–Trinajstić information content (AvgIpc) is 2.78. The molecule has 0 bridgehead atoms.